The van der Waals surface area contributed by atoms with Crippen LogP contribution in [0, 0.1) is 0 Å². The van der Waals surface area contributed by atoms with E-state index in [1.54, 1.807) is 0 Å². The predicted octanol–water partition coefficient (Wildman–Crippen LogP) is 4.09. The molecule has 2 unspecified atom stereocenters. The van der Waals surface area contributed by atoms with Crippen molar-refractivity contribution in [3.8, 4) is 0 Å². The van der Waals surface area contributed by atoms with Gasteiger partial charge in [-0.1, -0.05) is 0 Å². The Labute approximate surface area is 135 Å². The van der Waals surface area contributed by atoms with Crippen LogP contribution in [0.15, 0.2) is 60.7 Å². The van der Waals surface area contributed by atoms with E-state index in [1.165, 1.54) is 9.17 Å². The van der Waals surface area contributed by atoms with Crippen molar-refractivity contribution >= 4 is 56.4 Å². The van der Waals surface area contributed by atoms with Crippen molar-refractivity contribution < 1.29 is 0 Å². The molecule has 1 aliphatic carbocycles. The molecule has 0 amide bonds. The molecule has 0 N–H and O–H groups in total. The molecule has 2 aromatic carbocycles. The first-order valence-corrected chi connectivity index (χ1v) is 9.94. The Balaban J connectivity index is 1.79. The van der Waals surface area contributed by atoms with E-state index >= 15 is 0 Å². The van der Waals surface area contributed by atoms with Gasteiger partial charge in [0.25, 0.3) is 0 Å². The molecule has 0 radical (unpaired) electrons. The van der Waals surface area contributed by atoms with E-state index in [-0.39, 0.29) is 24.2 Å². The van der Waals surface area contributed by atoms with Gasteiger partial charge >= 0.3 is 136 Å². The van der Waals surface area contributed by atoms with Crippen LogP contribution in [-0.4, -0.2) is 24.2 Å². The molecule has 0 nitrogen and oxygen atoms in total. The average Bonchev–Trinajstić information content (AvgIpc) is 2.93. The van der Waals surface area contributed by atoms with E-state index < -0.39 is 0 Å². The second-order valence-corrected chi connectivity index (χ2v) is 11.6. The summed E-state index contributed by atoms with van der Waals surface area (Å²) < 4.78 is 2.40. The topological polar surface area (TPSA) is 0 Å². The number of hydrogen-bond donors (Lipinski definition) is 0. The van der Waals surface area contributed by atoms with Crippen molar-refractivity contribution in [2.75, 3.05) is 0 Å². The van der Waals surface area contributed by atoms with Gasteiger partial charge in [-0.15, -0.1) is 0 Å². The maximum absolute atomic E-state index is 3.86. The molecule has 1 aliphatic rings. The van der Waals surface area contributed by atoms with Crippen LogP contribution in [0.25, 0.3) is 0 Å². The zero-order valence-corrected chi connectivity index (χ0v) is 15.1. The third-order valence-corrected chi connectivity index (χ3v) is 11.1. The molecule has 18 heavy (non-hydrogen) atoms. The fraction of sp³-hybridized carbons (Fsp3) is 0.200. The second kappa shape index (κ2) is 5.29. The van der Waals surface area contributed by atoms with Crippen LogP contribution >= 0.6 is 31.9 Å². The predicted molar refractivity (Wildman–Crippen MR) is 85.3 cm³/mol. The van der Waals surface area contributed by atoms with Gasteiger partial charge in [0.1, 0.15) is 0 Å². The van der Waals surface area contributed by atoms with Gasteiger partial charge < -0.3 is 0 Å². The maximum atomic E-state index is 3.86. The van der Waals surface area contributed by atoms with Crippen LogP contribution in [0.1, 0.15) is 11.5 Å². The Bertz CT molecular complexity index is 525. The van der Waals surface area contributed by atoms with Gasteiger partial charge in [0, 0.05) is 0 Å². The minimum absolute atomic E-state index is 0.124. The summed E-state index contributed by atoms with van der Waals surface area (Å²) in [5.41, 5.74) is 1.44. The summed E-state index contributed by atoms with van der Waals surface area (Å²) in [7, 11) is 0. The Morgan fingerprint density at radius 3 is 2.00 bits per heavy atom. The molecule has 3 rings (SSSR count). The molecule has 92 valence electrons. The number of hydrogen-bond acceptors (Lipinski definition) is 0. The summed E-state index contributed by atoms with van der Waals surface area (Å²) in [6, 6.07) is 21.7. The Kier molecular flexibility index (Phi) is 3.87. The van der Waals surface area contributed by atoms with Crippen LogP contribution in [0.5, 0.6) is 0 Å². The van der Waals surface area contributed by atoms with Crippen molar-refractivity contribution in [1.29, 1.82) is 0 Å². The zero-order valence-electron chi connectivity index (χ0n) is 9.59. The van der Waals surface area contributed by atoms with E-state index in [2.05, 4.69) is 92.5 Å². The second-order valence-electron chi connectivity index (χ2n) is 4.41. The van der Waals surface area contributed by atoms with Crippen LogP contribution in [0.4, 0.5) is 0 Å². The molecular formula is C15H12Br2Te. The molecule has 0 aliphatic heterocycles. The normalized spacial score (nSPS) is 24.8. The van der Waals surface area contributed by atoms with Crippen molar-refractivity contribution in [3.05, 3.63) is 66.2 Å². The molecular weight excluding hydrogens is 468 g/mol. The van der Waals surface area contributed by atoms with Crippen LogP contribution in [0.2, 0.25) is 3.97 Å². The van der Waals surface area contributed by atoms with Gasteiger partial charge in [-0.2, -0.15) is 0 Å². The van der Waals surface area contributed by atoms with E-state index in [0.29, 0.717) is 5.92 Å². The molecule has 0 bridgehead atoms. The average molecular weight is 480 g/mol. The summed E-state index contributed by atoms with van der Waals surface area (Å²) in [6.07, 6.45) is 0. The van der Waals surface area contributed by atoms with Gasteiger partial charge in [0.2, 0.25) is 0 Å². The third kappa shape index (κ3) is 2.56. The summed E-state index contributed by atoms with van der Waals surface area (Å²) >= 11 is 7.56. The number of rotatable bonds is 3. The van der Waals surface area contributed by atoms with Gasteiger partial charge in [0.15, 0.2) is 0 Å². The molecule has 2 atom stereocenters. The van der Waals surface area contributed by atoms with Crippen LogP contribution in [-0.2, 0) is 0 Å². The monoisotopic (exact) mass is 480 g/mol. The molecule has 0 spiro atoms. The van der Waals surface area contributed by atoms with Crippen molar-refractivity contribution in [3.63, 3.8) is 0 Å². The number of alkyl halides is 2. The van der Waals surface area contributed by atoms with Gasteiger partial charge in [-0.25, -0.2) is 0 Å². The number of benzene rings is 2. The summed E-state index contributed by atoms with van der Waals surface area (Å²) in [6.45, 7) is 0. The van der Waals surface area contributed by atoms with Crippen molar-refractivity contribution in [2.24, 2.45) is 0 Å². The van der Waals surface area contributed by atoms with Crippen molar-refractivity contribution in [2.45, 2.75) is 13.1 Å². The van der Waals surface area contributed by atoms with Gasteiger partial charge in [-0.3, -0.25) is 0 Å². The molecule has 1 saturated carbocycles. The molecule has 0 saturated heterocycles. The summed E-state index contributed by atoms with van der Waals surface area (Å²) in [4.78, 5) is 0. The van der Waals surface area contributed by atoms with E-state index in [0.717, 1.165) is 3.97 Å². The van der Waals surface area contributed by atoms with Crippen LogP contribution in [0.3, 0.4) is 0 Å². The fourth-order valence-electron chi connectivity index (χ4n) is 2.15. The molecule has 0 aromatic heterocycles. The molecule has 2 aromatic rings. The number of halogens is 2. The molecule has 3 heteroatoms. The van der Waals surface area contributed by atoms with Gasteiger partial charge in [-0.05, 0) is 0 Å². The first-order valence-electron chi connectivity index (χ1n) is 5.84. The standard InChI is InChI=1S/C15H12Br2Te/c16-15(17)13(11-7-3-1-4-8-11)14(15)18-12-9-5-2-6-10-12/h1-10,13-14H. The van der Waals surface area contributed by atoms with Crippen LogP contribution < -0.4 is 3.61 Å². The minimum atomic E-state index is -0.167. The van der Waals surface area contributed by atoms with Crippen molar-refractivity contribution in [1.82, 2.24) is 0 Å². The van der Waals surface area contributed by atoms with E-state index in [4.69, 9.17) is 0 Å². The summed E-state index contributed by atoms with van der Waals surface area (Å²) in [5.74, 6) is 0.612. The fourth-order valence-corrected chi connectivity index (χ4v) is 9.64. The zero-order chi connectivity index (χ0) is 12.6. The first kappa shape index (κ1) is 13.2. The Morgan fingerprint density at radius 1 is 0.833 bits per heavy atom. The quantitative estimate of drug-likeness (QED) is 0.460. The molecule has 0 heterocycles. The van der Waals surface area contributed by atoms with E-state index in [9.17, 15) is 0 Å². The van der Waals surface area contributed by atoms with Gasteiger partial charge in [0.05, 0.1) is 0 Å². The SMILES string of the molecule is BrC1(Br)C([Te]c2ccccc2)C1c1ccccc1. The Morgan fingerprint density at radius 2 is 1.39 bits per heavy atom. The molecule has 1 fully saturated rings. The van der Waals surface area contributed by atoms with E-state index in [1.807, 2.05) is 0 Å². The third-order valence-electron chi connectivity index (χ3n) is 3.15. The summed E-state index contributed by atoms with van der Waals surface area (Å²) in [5, 5.41) is 0. The first-order chi connectivity index (χ1) is 8.69. The Hall–Kier alpha value is 0.190.